The molecule has 0 spiro atoms. The average Bonchev–Trinajstić information content (AvgIpc) is 2.41. The first kappa shape index (κ1) is 13.5. The molecule has 0 bridgehead atoms. The average molecular weight is 249 g/mol. The van der Waals surface area contributed by atoms with Crippen LogP contribution in [0.15, 0.2) is 30.3 Å². The summed E-state index contributed by atoms with van der Waals surface area (Å²) in [6.07, 6.45) is 2.30. The summed E-state index contributed by atoms with van der Waals surface area (Å²) in [7, 11) is 0. The molecule has 0 aliphatic carbocycles. The molecule has 3 nitrogen and oxygen atoms in total. The lowest BCUT2D eigenvalue weighted by Crippen LogP contribution is -2.34. The van der Waals surface area contributed by atoms with Crippen molar-refractivity contribution in [1.82, 2.24) is 4.90 Å². The summed E-state index contributed by atoms with van der Waals surface area (Å²) in [5.74, 6) is 0.717. The number of rotatable bonds is 6. The van der Waals surface area contributed by atoms with Crippen molar-refractivity contribution in [3.05, 3.63) is 35.9 Å². The van der Waals surface area contributed by atoms with E-state index in [1.54, 1.807) is 0 Å². The maximum Gasteiger partial charge on any atom is 0.0558 e. The predicted molar refractivity (Wildman–Crippen MR) is 72.3 cm³/mol. The zero-order valence-corrected chi connectivity index (χ0v) is 10.9. The maximum absolute atomic E-state index is 9.18. The minimum absolute atomic E-state index is 0.232. The Hall–Kier alpha value is -0.900. The Bertz CT molecular complexity index is 323. The molecule has 1 heterocycles. The molecule has 1 aliphatic rings. The van der Waals surface area contributed by atoms with Crippen molar-refractivity contribution in [3.8, 4) is 0 Å². The molecule has 0 saturated carbocycles. The van der Waals surface area contributed by atoms with E-state index in [0.717, 1.165) is 45.7 Å². The molecule has 1 saturated heterocycles. The molecule has 1 aromatic carbocycles. The van der Waals surface area contributed by atoms with E-state index in [9.17, 15) is 5.11 Å². The van der Waals surface area contributed by atoms with Crippen molar-refractivity contribution in [2.24, 2.45) is 5.92 Å². The number of nitrogens with zero attached hydrogens (tertiary/aromatic N) is 1. The Morgan fingerprint density at radius 2 is 1.89 bits per heavy atom. The van der Waals surface area contributed by atoms with E-state index >= 15 is 0 Å². The van der Waals surface area contributed by atoms with Crippen molar-refractivity contribution in [1.29, 1.82) is 0 Å². The second kappa shape index (κ2) is 7.52. The van der Waals surface area contributed by atoms with Gasteiger partial charge >= 0.3 is 0 Å². The third-order valence-electron chi connectivity index (χ3n) is 3.52. The van der Waals surface area contributed by atoms with Gasteiger partial charge in [0, 0.05) is 32.8 Å². The summed E-state index contributed by atoms with van der Waals surface area (Å²) in [4.78, 5) is 2.35. The van der Waals surface area contributed by atoms with Crippen molar-refractivity contribution in [2.45, 2.75) is 19.4 Å². The molecule has 1 aliphatic heterocycles. The van der Waals surface area contributed by atoms with E-state index in [2.05, 4.69) is 29.2 Å². The summed E-state index contributed by atoms with van der Waals surface area (Å²) in [6.45, 7) is 4.77. The van der Waals surface area contributed by atoms with Gasteiger partial charge in [-0.3, -0.25) is 4.90 Å². The van der Waals surface area contributed by atoms with Gasteiger partial charge in [0.05, 0.1) is 6.61 Å². The van der Waals surface area contributed by atoms with Gasteiger partial charge in [-0.05, 0) is 24.3 Å². The highest BCUT2D eigenvalue weighted by Gasteiger charge is 2.17. The van der Waals surface area contributed by atoms with Gasteiger partial charge in [0.1, 0.15) is 0 Å². The molecule has 0 unspecified atom stereocenters. The van der Waals surface area contributed by atoms with Gasteiger partial charge in [0.15, 0.2) is 0 Å². The fourth-order valence-electron chi connectivity index (χ4n) is 2.51. The van der Waals surface area contributed by atoms with Crippen LogP contribution in [-0.2, 0) is 11.3 Å². The first-order chi connectivity index (χ1) is 8.88. The molecular weight excluding hydrogens is 226 g/mol. The summed E-state index contributed by atoms with van der Waals surface area (Å²) >= 11 is 0. The minimum Gasteiger partial charge on any atom is -0.395 e. The van der Waals surface area contributed by atoms with Crippen molar-refractivity contribution in [2.75, 3.05) is 32.9 Å². The van der Waals surface area contributed by atoms with Gasteiger partial charge in [0.2, 0.25) is 0 Å². The molecule has 1 aromatic rings. The Balaban J connectivity index is 1.86. The lowest BCUT2D eigenvalue weighted by molar-refractivity contribution is 0.0486. The normalized spacial score (nSPS) is 17.2. The SMILES string of the molecule is OCCN(Cc1ccccc1)CC1CCOCC1. The topological polar surface area (TPSA) is 32.7 Å². The van der Waals surface area contributed by atoms with Crippen LogP contribution < -0.4 is 0 Å². The van der Waals surface area contributed by atoms with Crippen LogP contribution >= 0.6 is 0 Å². The first-order valence-corrected chi connectivity index (χ1v) is 6.83. The van der Waals surface area contributed by atoms with Gasteiger partial charge in [0.25, 0.3) is 0 Å². The zero-order chi connectivity index (χ0) is 12.6. The Morgan fingerprint density at radius 3 is 2.56 bits per heavy atom. The van der Waals surface area contributed by atoms with Crippen LogP contribution in [0, 0.1) is 5.92 Å². The van der Waals surface area contributed by atoms with E-state index in [1.807, 2.05) is 6.07 Å². The van der Waals surface area contributed by atoms with Crippen LogP contribution in [0.1, 0.15) is 18.4 Å². The lowest BCUT2D eigenvalue weighted by Gasteiger charge is -2.29. The van der Waals surface area contributed by atoms with Crippen LogP contribution in [0.3, 0.4) is 0 Å². The minimum atomic E-state index is 0.232. The van der Waals surface area contributed by atoms with Gasteiger partial charge in [-0.1, -0.05) is 30.3 Å². The van der Waals surface area contributed by atoms with E-state index in [1.165, 1.54) is 5.56 Å². The number of ether oxygens (including phenoxy) is 1. The summed E-state index contributed by atoms with van der Waals surface area (Å²) in [5.41, 5.74) is 1.32. The quantitative estimate of drug-likeness (QED) is 0.836. The van der Waals surface area contributed by atoms with Crippen LogP contribution in [0.2, 0.25) is 0 Å². The molecule has 100 valence electrons. The summed E-state index contributed by atoms with van der Waals surface area (Å²) in [6, 6.07) is 10.5. The number of benzene rings is 1. The fraction of sp³-hybridized carbons (Fsp3) is 0.600. The monoisotopic (exact) mass is 249 g/mol. The van der Waals surface area contributed by atoms with Gasteiger partial charge < -0.3 is 9.84 Å². The highest BCUT2D eigenvalue weighted by molar-refractivity contribution is 5.14. The smallest absolute Gasteiger partial charge is 0.0558 e. The lowest BCUT2D eigenvalue weighted by atomic mass is 9.99. The molecule has 0 radical (unpaired) electrons. The van der Waals surface area contributed by atoms with Gasteiger partial charge in [-0.15, -0.1) is 0 Å². The second-order valence-electron chi connectivity index (χ2n) is 5.00. The van der Waals surface area contributed by atoms with Crippen molar-refractivity contribution in [3.63, 3.8) is 0 Å². The predicted octanol–water partition coefficient (Wildman–Crippen LogP) is 1.91. The Morgan fingerprint density at radius 1 is 1.17 bits per heavy atom. The number of aliphatic hydroxyl groups excluding tert-OH is 1. The van der Waals surface area contributed by atoms with Crippen LogP contribution in [0.4, 0.5) is 0 Å². The number of hydrogen-bond donors (Lipinski definition) is 1. The first-order valence-electron chi connectivity index (χ1n) is 6.83. The third kappa shape index (κ3) is 4.41. The highest BCUT2D eigenvalue weighted by atomic mass is 16.5. The molecule has 18 heavy (non-hydrogen) atoms. The molecule has 0 amide bonds. The molecular formula is C15H23NO2. The maximum atomic E-state index is 9.18. The van der Waals surface area contributed by atoms with E-state index in [0.29, 0.717) is 5.92 Å². The molecule has 1 fully saturated rings. The largest absolute Gasteiger partial charge is 0.395 e. The molecule has 3 heteroatoms. The third-order valence-corrected chi connectivity index (χ3v) is 3.52. The standard InChI is InChI=1S/C15H23NO2/c17-9-8-16(12-14-4-2-1-3-5-14)13-15-6-10-18-11-7-15/h1-5,15,17H,6-13H2. The van der Waals surface area contributed by atoms with Crippen LogP contribution in [0.5, 0.6) is 0 Å². The van der Waals surface area contributed by atoms with E-state index in [4.69, 9.17) is 4.74 Å². The molecule has 2 rings (SSSR count). The molecule has 1 N–H and O–H groups in total. The summed E-state index contributed by atoms with van der Waals surface area (Å²) < 4.78 is 5.39. The molecule has 0 aromatic heterocycles. The second-order valence-corrected chi connectivity index (χ2v) is 5.00. The highest BCUT2D eigenvalue weighted by Crippen LogP contribution is 2.17. The number of aliphatic hydroxyl groups is 1. The van der Waals surface area contributed by atoms with Crippen LogP contribution in [-0.4, -0.2) is 42.9 Å². The van der Waals surface area contributed by atoms with Crippen molar-refractivity contribution < 1.29 is 9.84 Å². The van der Waals surface area contributed by atoms with Gasteiger partial charge in [-0.2, -0.15) is 0 Å². The Kier molecular flexibility index (Phi) is 5.65. The zero-order valence-electron chi connectivity index (χ0n) is 10.9. The molecule has 0 atom stereocenters. The number of hydrogen-bond acceptors (Lipinski definition) is 3. The summed E-state index contributed by atoms with van der Waals surface area (Å²) in [5, 5.41) is 9.18. The van der Waals surface area contributed by atoms with E-state index < -0.39 is 0 Å². The van der Waals surface area contributed by atoms with Gasteiger partial charge in [-0.25, -0.2) is 0 Å². The van der Waals surface area contributed by atoms with E-state index in [-0.39, 0.29) is 6.61 Å². The van der Waals surface area contributed by atoms with Crippen molar-refractivity contribution >= 4 is 0 Å². The van der Waals surface area contributed by atoms with Crippen LogP contribution in [0.25, 0.3) is 0 Å². The fourth-order valence-corrected chi connectivity index (χ4v) is 2.51. The Labute approximate surface area is 109 Å².